The number of aryl methyl sites for hydroxylation is 1. The minimum absolute atomic E-state index is 0.133. The highest BCUT2D eigenvalue weighted by Gasteiger charge is 2.02. The summed E-state index contributed by atoms with van der Waals surface area (Å²) < 4.78 is 0. The number of benzene rings is 1. The Balaban J connectivity index is 2.18. The Morgan fingerprint density at radius 3 is 2.73 bits per heavy atom. The fourth-order valence-corrected chi connectivity index (χ4v) is 1.86. The van der Waals surface area contributed by atoms with Gasteiger partial charge >= 0.3 is 0 Å². The van der Waals surface area contributed by atoms with Gasteiger partial charge in [-0.1, -0.05) is 12.1 Å². The Morgan fingerprint density at radius 2 is 2.05 bits per heavy atom. The van der Waals surface area contributed by atoms with Crippen molar-refractivity contribution in [3.63, 3.8) is 0 Å². The first-order valence-electron chi connectivity index (χ1n) is 6.70. The number of aromatic amines is 1. The molecule has 1 heterocycles. The maximum absolute atomic E-state index is 11.3. The van der Waals surface area contributed by atoms with Gasteiger partial charge in [0.15, 0.2) is 0 Å². The van der Waals surface area contributed by atoms with Gasteiger partial charge in [-0.15, -0.1) is 0 Å². The van der Waals surface area contributed by atoms with Crippen LogP contribution in [0, 0.1) is 6.92 Å². The van der Waals surface area contributed by atoms with E-state index in [1.54, 1.807) is 13.0 Å². The van der Waals surface area contributed by atoms with Gasteiger partial charge in [0.1, 0.15) is 0 Å². The number of H-pyrrole nitrogens is 1. The first-order chi connectivity index (χ1) is 10.4. The van der Waals surface area contributed by atoms with Crippen LogP contribution in [0.15, 0.2) is 40.2 Å². The van der Waals surface area contributed by atoms with Crippen LogP contribution >= 0.6 is 0 Å². The number of carbonyl (C=O) groups excluding carboxylic acids is 1. The molecular formula is C15H17N5O2. The van der Waals surface area contributed by atoms with E-state index in [2.05, 4.69) is 25.8 Å². The molecule has 0 aliphatic rings. The van der Waals surface area contributed by atoms with E-state index in [0.29, 0.717) is 17.1 Å². The maximum Gasteiger partial charge on any atom is 0.252 e. The van der Waals surface area contributed by atoms with E-state index in [1.807, 2.05) is 25.1 Å². The summed E-state index contributed by atoms with van der Waals surface area (Å²) in [6.07, 6.45) is 0. The highest BCUT2D eigenvalue weighted by Crippen LogP contribution is 2.11. The minimum atomic E-state index is -0.240. The summed E-state index contributed by atoms with van der Waals surface area (Å²) in [5.41, 5.74) is 5.31. The summed E-state index contributed by atoms with van der Waals surface area (Å²) >= 11 is 0. The maximum atomic E-state index is 11.3. The average Bonchev–Trinajstić information content (AvgIpc) is 2.43. The van der Waals surface area contributed by atoms with Crippen LogP contribution in [0.25, 0.3) is 0 Å². The van der Waals surface area contributed by atoms with Crippen LogP contribution in [0.3, 0.4) is 0 Å². The van der Waals surface area contributed by atoms with Crippen LogP contribution in [0.4, 0.5) is 11.6 Å². The lowest BCUT2D eigenvalue weighted by molar-refractivity contribution is -0.114. The molecule has 0 saturated heterocycles. The predicted molar refractivity (Wildman–Crippen MR) is 86.2 cm³/mol. The third-order valence-electron chi connectivity index (χ3n) is 2.80. The molecule has 0 aliphatic heterocycles. The van der Waals surface area contributed by atoms with Gasteiger partial charge in [-0.2, -0.15) is 5.10 Å². The molecule has 0 unspecified atom stereocenters. The van der Waals surface area contributed by atoms with E-state index in [4.69, 9.17) is 0 Å². The van der Waals surface area contributed by atoms with E-state index in [0.717, 1.165) is 5.56 Å². The molecule has 1 aromatic carbocycles. The largest absolute Gasteiger partial charge is 0.326 e. The molecular weight excluding hydrogens is 282 g/mol. The van der Waals surface area contributed by atoms with E-state index in [1.165, 1.54) is 13.0 Å². The van der Waals surface area contributed by atoms with E-state index >= 15 is 0 Å². The third kappa shape index (κ3) is 4.27. The molecule has 2 rings (SSSR count). The van der Waals surface area contributed by atoms with Gasteiger partial charge in [-0.05, 0) is 31.5 Å². The van der Waals surface area contributed by atoms with Crippen LogP contribution in [-0.2, 0) is 4.79 Å². The van der Waals surface area contributed by atoms with Gasteiger partial charge in [0, 0.05) is 24.4 Å². The van der Waals surface area contributed by atoms with Crippen molar-refractivity contribution in [2.45, 2.75) is 20.8 Å². The predicted octanol–water partition coefficient (Wildman–Crippen LogP) is 1.87. The normalized spacial score (nSPS) is 11.1. The van der Waals surface area contributed by atoms with Crippen molar-refractivity contribution < 1.29 is 4.79 Å². The number of nitrogens with one attached hydrogen (secondary N) is 3. The van der Waals surface area contributed by atoms with Crippen LogP contribution in [0.2, 0.25) is 0 Å². The number of nitrogens with zero attached hydrogens (tertiary/aromatic N) is 2. The summed E-state index contributed by atoms with van der Waals surface area (Å²) in [6, 6.07) is 8.71. The Kier molecular flexibility index (Phi) is 4.67. The number of rotatable bonds is 4. The third-order valence-corrected chi connectivity index (χ3v) is 2.80. The summed E-state index contributed by atoms with van der Waals surface area (Å²) in [4.78, 5) is 29.1. The molecule has 3 N–H and O–H groups in total. The van der Waals surface area contributed by atoms with E-state index in [9.17, 15) is 9.59 Å². The molecule has 0 aliphatic carbocycles. The number of amides is 1. The summed E-state index contributed by atoms with van der Waals surface area (Å²) in [5, 5.41) is 6.90. The molecule has 7 heteroatoms. The quantitative estimate of drug-likeness (QED) is 0.593. The van der Waals surface area contributed by atoms with Gasteiger partial charge in [0.25, 0.3) is 5.56 Å². The van der Waals surface area contributed by atoms with E-state index < -0.39 is 0 Å². The number of aromatic nitrogens is 2. The molecule has 0 atom stereocenters. The fraction of sp³-hybridized carbons (Fsp3) is 0.200. The molecule has 0 radical (unpaired) electrons. The van der Waals surface area contributed by atoms with Crippen molar-refractivity contribution in [2.75, 3.05) is 10.7 Å². The Morgan fingerprint density at radius 1 is 1.27 bits per heavy atom. The number of anilines is 2. The van der Waals surface area contributed by atoms with Gasteiger partial charge in [0.2, 0.25) is 11.9 Å². The summed E-state index contributed by atoms with van der Waals surface area (Å²) in [7, 11) is 0. The Hall–Kier alpha value is -2.96. The van der Waals surface area contributed by atoms with Crippen LogP contribution in [0.5, 0.6) is 0 Å². The molecule has 114 valence electrons. The summed E-state index contributed by atoms with van der Waals surface area (Å²) in [6.45, 7) is 5.00. The highest BCUT2D eigenvalue weighted by atomic mass is 16.1. The van der Waals surface area contributed by atoms with Gasteiger partial charge < -0.3 is 5.32 Å². The standard InChI is InChI=1S/C15H17N5O2/c1-9-7-14(22)18-15(16-9)20-19-10(2)12-5-4-6-13(8-12)17-11(3)21/h4-8H,1-3H3,(H,17,21)(H2,16,18,20,22). The summed E-state index contributed by atoms with van der Waals surface area (Å²) in [5.74, 6) is 0.147. The van der Waals surface area contributed by atoms with Crippen molar-refractivity contribution in [3.05, 3.63) is 51.9 Å². The number of hydrazone groups is 1. The molecule has 0 spiro atoms. The smallest absolute Gasteiger partial charge is 0.252 e. The molecule has 0 bridgehead atoms. The SMILES string of the molecule is CC(=O)Nc1cccc(C(C)=NNc2nc(C)cc(=O)[nH]2)c1. The zero-order valence-corrected chi connectivity index (χ0v) is 12.6. The monoisotopic (exact) mass is 299 g/mol. The number of hydrogen-bond donors (Lipinski definition) is 3. The second-order valence-electron chi connectivity index (χ2n) is 4.81. The van der Waals surface area contributed by atoms with Crippen LogP contribution in [0.1, 0.15) is 25.1 Å². The van der Waals surface area contributed by atoms with Crippen LogP contribution in [-0.4, -0.2) is 21.6 Å². The van der Waals surface area contributed by atoms with Crippen molar-refractivity contribution in [1.82, 2.24) is 9.97 Å². The molecule has 7 nitrogen and oxygen atoms in total. The fourth-order valence-electron chi connectivity index (χ4n) is 1.86. The van der Waals surface area contributed by atoms with Crippen molar-refractivity contribution in [1.29, 1.82) is 0 Å². The van der Waals surface area contributed by atoms with Crippen molar-refractivity contribution in [2.24, 2.45) is 5.10 Å². The first-order valence-corrected chi connectivity index (χ1v) is 6.70. The molecule has 0 saturated carbocycles. The Bertz CT molecular complexity index is 779. The first kappa shape index (κ1) is 15.4. The Labute approximate surface area is 127 Å². The van der Waals surface area contributed by atoms with E-state index in [-0.39, 0.29) is 17.4 Å². The lowest BCUT2D eigenvalue weighted by Crippen LogP contribution is -2.11. The van der Waals surface area contributed by atoms with Gasteiger partial charge in [-0.3, -0.25) is 14.6 Å². The molecule has 2 aromatic rings. The number of hydrogen-bond acceptors (Lipinski definition) is 5. The average molecular weight is 299 g/mol. The second kappa shape index (κ2) is 6.66. The highest BCUT2D eigenvalue weighted by molar-refractivity contribution is 6.00. The zero-order valence-electron chi connectivity index (χ0n) is 12.6. The molecule has 1 amide bonds. The number of carbonyl (C=O) groups is 1. The lowest BCUT2D eigenvalue weighted by Gasteiger charge is -2.06. The van der Waals surface area contributed by atoms with Gasteiger partial charge in [0.05, 0.1) is 5.71 Å². The lowest BCUT2D eigenvalue weighted by atomic mass is 10.1. The zero-order chi connectivity index (χ0) is 16.1. The second-order valence-corrected chi connectivity index (χ2v) is 4.81. The van der Waals surface area contributed by atoms with Crippen LogP contribution < -0.4 is 16.3 Å². The molecule has 1 aromatic heterocycles. The van der Waals surface area contributed by atoms with Gasteiger partial charge in [-0.25, -0.2) is 10.4 Å². The minimum Gasteiger partial charge on any atom is -0.326 e. The topological polar surface area (TPSA) is 99.2 Å². The molecule has 22 heavy (non-hydrogen) atoms. The van der Waals surface area contributed by atoms with Crippen molar-refractivity contribution >= 4 is 23.3 Å². The van der Waals surface area contributed by atoms with Crippen molar-refractivity contribution in [3.8, 4) is 0 Å². The molecule has 0 fully saturated rings.